The van der Waals surface area contributed by atoms with E-state index in [0.29, 0.717) is 24.2 Å². The third-order valence-electron chi connectivity index (χ3n) is 4.80. The first-order chi connectivity index (χ1) is 12.3. The molecule has 0 aromatic carbocycles. The summed E-state index contributed by atoms with van der Waals surface area (Å²) in [5.41, 5.74) is 0. The van der Waals surface area contributed by atoms with Crippen molar-refractivity contribution in [3.8, 4) is 11.6 Å². The molecule has 0 unspecified atom stereocenters. The van der Waals surface area contributed by atoms with Crippen LogP contribution in [0, 0.1) is 5.92 Å². The third kappa shape index (κ3) is 5.72. The molecule has 1 aliphatic carbocycles. The molecule has 0 atom stereocenters. The van der Waals surface area contributed by atoms with Crippen LogP contribution >= 0.6 is 24.0 Å². The number of hydrogen-bond donors (Lipinski definition) is 3. The number of nitrogens with one attached hydrogen (secondary N) is 3. The zero-order chi connectivity index (χ0) is 17.5. The number of guanidine groups is 1. The molecule has 0 radical (unpaired) electrons. The highest BCUT2D eigenvalue weighted by Crippen LogP contribution is 2.27. The number of aliphatic imine (C=N–C) groups is 1. The molecule has 0 saturated heterocycles. The largest absolute Gasteiger partial charge is 0.461 e. The van der Waals surface area contributed by atoms with Crippen molar-refractivity contribution in [2.24, 2.45) is 10.9 Å². The maximum absolute atomic E-state index is 5.30. The van der Waals surface area contributed by atoms with Crippen LogP contribution in [-0.2, 0) is 6.54 Å². The summed E-state index contributed by atoms with van der Waals surface area (Å²) < 4.78 is 5.30. The summed E-state index contributed by atoms with van der Waals surface area (Å²) in [5.74, 6) is 3.70. The number of aromatic amines is 1. The second-order valence-corrected chi connectivity index (χ2v) is 6.66. The lowest BCUT2D eigenvalue weighted by Crippen LogP contribution is -2.44. The lowest BCUT2D eigenvalue weighted by Gasteiger charge is -2.30. The van der Waals surface area contributed by atoms with Gasteiger partial charge in [0.25, 0.3) is 0 Å². The molecule has 0 aliphatic heterocycles. The molecular formula is C18H29IN6O. The first kappa shape index (κ1) is 20.7. The lowest BCUT2D eigenvalue weighted by molar-refractivity contribution is 0.295. The molecule has 0 amide bonds. The molecular weight excluding hydrogens is 443 g/mol. The third-order valence-corrected chi connectivity index (χ3v) is 4.80. The second kappa shape index (κ2) is 10.5. The van der Waals surface area contributed by atoms with Crippen molar-refractivity contribution in [1.29, 1.82) is 0 Å². The van der Waals surface area contributed by atoms with Crippen molar-refractivity contribution in [2.45, 2.75) is 58.0 Å². The van der Waals surface area contributed by atoms with E-state index in [1.54, 1.807) is 13.3 Å². The van der Waals surface area contributed by atoms with Crippen LogP contribution in [0.25, 0.3) is 11.6 Å². The monoisotopic (exact) mass is 472 g/mol. The van der Waals surface area contributed by atoms with Crippen LogP contribution in [0.3, 0.4) is 0 Å². The highest BCUT2D eigenvalue weighted by Gasteiger charge is 2.21. The van der Waals surface area contributed by atoms with Gasteiger partial charge in [0.1, 0.15) is 5.82 Å². The Balaban J connectivity index is 0.00000243. The summed E-state index contributed by atoms with van der Waals surface area (Å²) in [6.07, 6.45) is 9.35. The first-order valence-corrected chi connectivity index (χ1v) is 9.20. The fourth-order valence-corrected chi connectivity index (χ4v) is 3.45. The van der Waals surface area contributed by atoms with Gasteiger partial charge in [0.15, 0.2) is 11.7 Å². The number of furan rings is 1. The normalized spacial score (nSPS) is 20.5. The molecule has 3 N–H and O–H groups in total. The van der Waals surface area contributed by atoms with Crippen LogP contribution in [0.2, 0.25) is 0 Å². The second-order valence-electron chi connectivity index (χ2n) is 6.66. The Bertz CT molecular complexity index is 661. The van der Waals surface area contributed by atoms with Gasteiger partial charge >= 0.3 is 0 Å². The van der Waals surface area contributed by atoms with Crippen molar-refractivity contribution in [3.05, 3.63) is 24.2 Å². The molecule has 3 rings (SSSR count). The molecule has 2 aromatic heterocycles. The molecule has 1 aliphatic rings. The summed E-state index contributed by atoms with van der Waals surface area (Å²) in [6, 6.07) is 4.17. The summed E-state index contributed by atoms with van der Waals surface area (Å²) in [6.45, 7) is 2.81. The summed E-state index contributed by atoms with van der Waals surface area (Å²) >= 11 is 0. The predicted molar refractivity (Wildman–Crippen MR) is 113 cm³/mol. The van der Waals surface area contributed by atoms with Crippen LogP contribution in [0.15, 0.2) is 27.8 Å². The van der Waals surface area contributed by atoms with E-state index in [0.717, 1.165) is 17.7 Å². The minimum Gasteiger partial charge on any atom is -0.461 e. The Morgan fingerprint density at radius 1 is 1.35 bits per heavy atom. The average Bonchev–Trinajstić information content (AvgIpc) is 3.31. The highest BCUT2D eigenvalue weighted by atomic mass is 127. The minimum absolute atomic E-state index is 0. The maximum atomic E-state index is 5.30. The van der Waals surface area contributed by atoms with Gasteiger partial charge in [0.05, 0.1) is 12.8 Å². The van der Waals surface area contributed by atoms with E-state index in [-0.39, 0.29) is 24.0 Å². The summed E-state index contributed by atoms with van der Waals surface area (Å²) in [5, 5.41) is 13.9. The molecule has 2 aromatic rings. The van der Waals surface area contributed by atoms with Crippen molar-refractivity contribution < 1.29 is 4.42 Å². The Hall–Kier alpha value is -1.58. The standard InChI is InChI=1S/C18H28N6O.HI/c1-3-5-13-7-9-14(10-8-13)21-18(19-2)20-12-16-22-17(24-23-16)15-6-4-11-25-15;/h4,6,11,13-14H,3,5,7-10,12H2,1-2H3,(H2,19,20,21)(H,22,23,24);1H. The molecule has 8 heteroatoms. The van der Waals surface area contributed by atoms with E-state index in [2.05, 4.69) is 37.7 Å². The minimum atomic E-state index is 0. The Labute approximate surface area is 171 Å². The van der Waals surface area contributed by atoms with E-state index in [1.165, 1.54) is 38.5 Å². The van der Waals surface area contributed by atoms with Crippen LogP contribution in [-0.4, -0.2) is 34.2 Å². The average molecular weight is 472 g/mol. The van der Waals surface area contributed by atoms with E-state index in [1.807, 2.05) is 12.1 Å². The van der Waals surface area contributed by atoms with Gasteiger partial charge in [-0.15, -0.1) is 29.1 Å². The number of aromatic nitrogens is 3. The van der Waals surface area contributed by atoms with Gasteiger partial charge in [-0.3, -0.25) is 10.1 Å². The van der Waals surface area contributed by atoms with Crippen molar-refractivity contribution >= 4 is 29.9 Å². The number of nitrogens with zero attached hydrogens (tertiary/aromatic N) is 3. The van der Waals surface area contributed by atoms with E-state index < -0.39 is 0 Å². The maximum Gasteiger partial charge on any atom is 0.216 e. The number of halogens is 1. The summed E-state index contributed by atoms with van der Waals surface area (Å²) in [7, 11) is 1.80. The number of rotatable bonds is 6. The van der Waals surface area contributed by atoms with Crippen molar-refractivity contribution in [1.82, 2.24) is 25.8 Å². The highest BCUT2D eigenvalue weighted by molar-refractivity contribution is 14.0. The molecule has 7 nitrogen and oxygen atoms in total. The van der Waals surface area contributed by atoms with E-state index >= 15 is 0 Å². The topological polar surface area (TPSA) is 91.1 Å². The molecule has 0 spiro atoms. The smallest absolute Gasteiger partial charge is 0.216 e. The molecule has 1 fully saturated rings. The Kier molecular flexibility index (Phi) is 8.40. The fraction of sp³-hybridized carbons (Fsp3) is 0.611. The molecule has 26 heavy (non-hydrogen) atoms. The SMILES string of the molecule is CCCC1CCC(NC(=NC)NCc2nc(-c3ccco3)n[nH]2)CC1.I. The first-order valence-electron chi connectivity index (χ1n) is 9.20. The van der Waals surface area contributed by atoms with Gasteiger partial charge in [-0.05, 0) is 43.7 Å². The predicted octanol–water partition coefficient (Wildman–Crippen LogP) is 3.71. The van der Waals surface area contributed by atoms with Crippen molar-refractivity contribution in [2.75, 3.05) is 7.05 Å². The zero-order valence-electron chi connectivity index (χ0n) is 15.5. The quantitative estimate of drug-likeness (QED) is 0.339. The Morgan fingerprint density at radius 3 is 2.81 bits per heavy atom. The lowest BCUT2D eigenvalue weighted by atomic mass is 9.83. The van der Waals surface area contributed by atoms with Gasteiger partial charge in [-0.2, -0.15) is 0 Å². The molecule has 1 saturated carbocycles. The van der Waals surface area contributed by atoms with Crippen LogP contribution in [0.1, 0.15) is 51.3 Å². The van der Waals surface area contributed by atoms with Crippen LogP contribution < -0.4 is 10.6 Å². The van der Waals surface area contributed by atoms with Gasteiger partial charge in [0, 0.05) is 13.1 Å². The van der Waals surface area contributed by atoms with Gasteiger partial charge in [0.2, 0.25) is 5.82 Å². The van der Waals surface area contributed by atoms with Crippen LogP contribution in [0.4, 0.5) is 0 Å². The van der Waals surface area contributed by atoms with E-state index in [9.17, 15) is 0 Å². The zero-order valence-corrected chi connectivity index (χ0v) is 17.8. The Morgan fingerprint density at radius 2 is 2.15 bits per heavy atom. The fourth-order valence-electron chi connectivity index (χ4n) is 3.45. The number of hydrogen-bond acceptors (Lipinski definition) is 4. The molecule has 0 bridgehead atoms. The van der Waals surface area contributed by atoms with E-state index in [4.69, 9.17) is 4.42 Å². The van der Waals surface area contributed by atoms with Gasteiger partial charge < -0.3 is 15.1 Å². The molecule has 2 heterocycles. The van der Waals surface area contributed by atoms with Gasteiger partial charge in [-0.25, -0.2) is 4.98 Å². The van der Waals surface area contributed by atoms with Crippen LogP contribution in [0.5, 0.6) is 0 Å². The van der Waals surface area contributed by atoms with Gasteiger partial charge in [-0.1, -0.05) is 19.8 Å². The molecule has 144 valence electrons. The summed E-state index contributed by atoms with van der Waals surface area (Å²) in [4.78, 5) is 8.75. The number of H-pyrrole nitrogens is 1. The van der Waals surface area contributed by atoms with Crippen molar-refractivity contribution in [3.63, 3.8) is 0 Å².